The molecule has 0 saturated carbocycles. The van der Waals surface area contributed by atoms with E-state index in [0.717, 1.165) is 0 Å². The molecule has 0 aliphatic heterocycles. The van der Waals surface area contributed by atoms with Crippen LogP contribution in [0.1, 0.15) is 5.56 Å². The third-order valence-corrected chi connectivity index (χ3v) is 1.70. The highest BCUT2D eigenvalue weighted by molar-refractivity contribution is 7.81. The lowest BCUT2D eigenvalue weighted by Crippen LogP contribution is -2.12. The molecule has 0 fully saturated rings. The van der Waals surface area contributed by atoms with Crippen molar-refractivity contribution in [3.8, 4) is 0 Å². The summed E-state index contributed by atoms with van der Waals surface area (Å²) in [6, 6.07) is 8.09. The Morgan fingerprint density at radius 1 is 1.36 bits per heavy atom. The maximum absolute atomic E-state index is 13.0. The Labute approximate surface area is 69.6 Å². The molecular formula is C8H7FOS. The van der Waals surface area contributed by atoms with Crippen molar-refractivity contribution in [1.82, 2.24) is 0 Å². The van der Waals surface area contributed by atoms with Gasteiger partial charge in [0.15, 0.2) is 6.29 Å². The quantitative estimate of drug-likeness (QED) is 0.530. The van der Waals surface area contributed by atoms with Gasteiger partial charge in [-0.1, -0.05) is 30.3 Å². The molecule has 3 heteroatoms. The van der Waals surface area contributed by atoms with Crippen molar-refractivity contribution in [2.24, 2.45) is 0 Å². The number of aldehydes is 1. The number of alkyl halides is 1. The van der Waals surface area contributed by atoms with Crippen molar-refractivity contribution in [3.05, 3.63) is 35.9 Å². The van der Waals surface area contributed by atoms with E-state index in [2.05, 4.69) is 12.6 Å². The van der Waals surface area contributed by atoms with Gasteiger partial charge in [0.2, 0.25) is 5.00 Å². The minimum Gasteiger partial charge on any atom is -0.298 e. The summed E-state index contributed by atoms with van der Waals surface area (Å²) in [7, 11) is 0. The van der Waals surface area contributed by atoms with E-state index in [-0.39, 0.29) is 11.8 Å². The van der Waals surface area contributed by atoms with Crippen LogP contribution in [0.5, 0.6) is 0 Å². The van der Waals surface area contributed by atoms with Crippen LogP contribution < -0.4 is 0 Å². The average molecular weight is 170 g/mol. The number of carbonyl (C=O) groups is 1. The van der Waals surface area contributed by atoms with Crippen molar-refractivity contribution in [2.75, 3.05) is 0 Å². The molecule has 1 rings (SSSR count). The highest BCUT2D eigenvalue weighted by Gasteiger charge is 2.25. The topological polar surface area (TPSA) is 17.1 Å². The first-order chi connectivity index (χ1) is 5.17. The van der Waals surface area contributed by atoms with Crippen LogP contribution in [0.25, 0.3) is 0 Å². The summed E-state index contributed by atoms with van der Waals surface area (Å²) in [5.41, 5.74) is 0.262. The minimum atomic E-state index is -2.15. The van der Waals surface area contributed by atoms with E-state index in [0.29, 0.717) is 0 Å². The Bertz CT molecular complexity index is 246. The monoisotopic (exact) mass is 170 g/mol. The Morgan fingerprint density at radius 2 is 1.91 bits per heavy atom. The first-order valence-corrected chi connectivity index (χ1v) is 3.54. The molecule has 1 aromatic rings. The van der Waals surface area contributed by atoms with Crippen LogP contribution in [-0.4, -0.2) is 6.29 Å². The normalized spacial score (nSPS) is 15.5. The van der Waals surface area contributed by atoms with Gasteiger partial charge in [0.25, 0.3) is 0 Å². The Morgan fingerprint density at radius 3 is 2.36 bits per heavy atom. The number of halogens is 1. The van der Waals surface area contributed by atoms with Crippen LogP contribution in [0.4, 0.5) is 4.39 Å². The van der Waals surface area contributed by atoms with Gasteiger partial charge in [-0.2, -0.15) is 0 Å². The van der Waals surface area contributed by atoms with Crippen molar-refractivity contribution < 1.29 is 9.18 Å². The third kappa shape index (κ3) is 1.80. The van der Waals surface area contributed by atoms with E-state index in [4.69, 9.17) is 0 Å². The lowest BCUT2D eigenvalue weighted by atomic mass is 10.1. The van der Waals surface area contributed by atoms with Gasteiger partial charge >= 0.3 is 0 Å². The lowest BCUT2D eigenvalue weighted by Gasteiger charge is -2.10. The van der Waals surface area contributed by atoms with E-state index < -0.39 is 5.00 Å². The molecule has 58 valence electrons. The molecule has 1 unspecified atom stereocenters. The van der Waals surface area contributed by atoms with E-state index in [1.54, 1.807) is 18.2 Å². The SMILES string of the molecule is O=CC(F)(S)c1ccccc1. The fourth-order valence-electron chi connectivity index (χ4n) is 0.740. The van der Waals surface area contributed by atoms with Crippen LogP contribution in [-0.2, 0) is 9.80 Å². The zero-order valence-corrected chi connectivity index (χ0v) is 6.59. The molecule has 0 N–H and O–H groups in total. The minimum absolute atomic E-state index is 0.172. The maximum Gasteiger partial charge on any atom is 0.233 e. The second-order valence-electron chi connectivity index (χ2n) is 2.16. The Hall–Kier alpha value is -0.830. The van der Waals surface area contributed by atoms with Gasteiger partial charge in [-0.05, 0) is 0 Å². The highest BCUT2D eigenvalue weighted by atomic mass is 32.1. The molecule has 0 radical (unpaired) electrons. The molecule has 1 atom stereocenters. The second-order valence-corrected chi connectivity index (χ2v) is 2.81. The fraction of sp³-hybridized carbons (Fsp3) is 0.125. The zero-order valence-electron chi connectivity index (χ0n) is 5.70. The average Bonchev–Trinajstić information content (AvgIpc) is 2.06. The first kappa shape index (κ1) is 8.27. The predicted molar refractivity (Wildman–Crippen MR) is 44.3 cm³/mol. The maximum atomic E-state index is 13.0. The molecule has 1 nitrogen and oxygen atoms in total. The molecule has 11 heavy (non-hydrogen) atoms. The first-order valence-electron chi connectivity index (χ1n) is 3.10. The summed E-state index contributed by atoms with van der Waals surface area (Å²) in [6.07, 6.45) is 0.172. The third-order valence-electron chi connectivity index (χ3n) is 1.33. The Balaban J connectivity index is 3.02. The van der Waals surface area contributed by atoms with E-state index in [9.17, 15) is 9.18 Å². The largest absolute Gasteiger partial charge is 0.298 e. The Kier molecular flexibility index (Phi) is 2.29. The van der Waals surface area contributed by atoms with Crippen molar-refractivity contribution in [1.29, 1.82) is 0 Å². The van der Waals surface area contributed by atoms with Gasteiger partial charge in [0, 0.05) is 5.56 Å². The summed E-state index contributed by atoms with van der Waals surface area (Å²) in [5, 5.41) is -2.15. The number of thiol groups is 1. The van der Waals surface area contributed by atoms with Crippen LogP contribution in [0.15, 0.2) is 30.3 Å². The van der Waals surface area contributed by atoms with Gasteiger partial charge in [-0.15, -0.1) is 12.6 Å². The summed E-state index contributed by atoms with van der Waals surface area (Å²) in [4.78, 5) is 10.2. The van der Waals surface area contributed by atoms with Crippen LogP contribution >= 0.6 is 12.6 Å². The van der Waals surface area contributed by atoms with Gasteiger partial charge in [-0.3, -0.25) is 4.79 Å². The molecule has 0 heterocycles. The number of benzene rings is 1. The standard InChI is InChI=1S/C8H7FOS/c9-8(11,6-10)7-4-2-1-3-5-7/h1-6,11H. The molecule has 0 saturated heterocycles. The van der Waals surface area contributed by atoms with E-state index in [1.807, 2.05) is 0 Å². The molecule has 0 spiro atoms. The van der Waals surface area contributed by atoms with Crippen molar-refractivity contribution in [2.45, 2.75) is 5.00 Å². The van der Waals surface area contributed by atoms with Crippen molar-refractivity contribution in [3.63, 3.8) is 0 Å². The summed E-state index contributed by atoms with van der Waals surface area (Å²) in [5.74, 6) is 0. The molecular weight excluding hydrogens is 163 g/mol. The molecule has 0 bridgehead atoms. The van der Waals surface area contributed by atoms with Crippen LogP contribution in [0.3, 0.4) is 0 Å². The number of hydrogen-bond donors (Lipinski definition) is 1. The van der Waals surface area contributed by atoms with Crippen LogP contribution in [0.2, 0.25) is 0 Å². The molecule has 0 aromatic heterocycles. The molecule has 0 aliphatic rings. The molecule has 1 aromatic carbocycles. The summed E-state index contributed by atoms with van der Waals surface area (Å²) in [6.45, 7) is 0. The second kappa shape index (κ2) is 3.05. The molecule has 0 amide bonds. The lowest BCUT2D eigenvalue weighted by molar-refractivity contribution is -0.113. The van der Waals surface area contributed by atoms with E-state index in [1.165, 1.54) is 12.1 Å². The predicted octanol–water partition coefficient (Wildman–Crippen LogP) is 1.94. The van der Waals surface area contributed by atoms with Gasteiger partial charge in [-0.25, -0.2) is 4.39 Å². The van der Waals surface area contributed by atoms with Crippen molar-refractivity contribution >= 4 is 18.9 Å². The summed E-state index contributed by atoms with van der Waals surface area (Å²) < 4.78 is 13.0. The smallest absolute Gasteiger partial charge is 0.233 e. The number of carbonyl (C=O) groups excluding carboxylic acids is 1. The van der Waals surface area contributed by atoms with E-state index >= 15 is 0 Å². The van der Waals surface area contributed by atoms with Gasteiger partial charge in [0.05, 0.1) is 0 Å². The van der Waals surface area contributed by atoms with Gasteiger partial charge < -0.3 is 0 Å². The number of rotatable bonds is 2. The fourth-order valence-corrected chi connectivity index (χ4v) is 0.889. The summed E-state index contributed by atoms with van der Waals surface area (Å²) >= 11 is 3.54. The number of hydrogen-bond acceptors (Lipinski definition) is 2. The highest BCUT2D eigenvalue weighted by Crippen LogP contribution is 2.26. The van der Waals surface area contributed by atoms with Gasteiger partial charge in [0.1, 0.15) is 0 Å². The zero-order chi connectivity index (χ0) is 8.32. The molecule has 0 aliphatic carbocycles. The van der Waals surface area contributed by atoms with Crippen LogP contribution in [0, 0.1) is 0 Å².